The van der Waals surface area contributed by atoms with Crippen molar-refractivity contribution in [3.05, 3.63) is 95.6 Å². The Morgan fingerprint density at radius 3 is 2.69 bits per heavy atom. The third kappa shape index (κ3) is 5.91. The number of benzene rings is 1. The Balaban J connectivity index is 1.29. The monoisotopic (exact) mass is 485 g/mol. The molecule has 0 bridgehead atoms. The van der Waals surface area contributed by atoms with E-state index in [1.54, 1.807) is 0 Å². The lowest BCUT2D eigenvalue weighted by atomic mass is 9.91. The first kappa shape index (κ1) is 24.4. The van der Waals surface area contributed by atoms with Crippen LogP contribution in [0.2, 0.25) is 0 Å². The van der Waals surface area contributed by atoms with E-state index in [2.05, 4.69) is 34.0 Å². The van der Waals surface area contributed by atoms with Crippen molar-refractivity contribution in [3.63, 3.8) is 0 Å². The summed E-state index contributed by atoms with van der Waals surface area (Å²) in [6.07, 6.45) is 6.83. The SMILES string of the molecule is CN(C[C@H]1CN(Cc2ccccn2)CCN1C(=O)OCc1ccccc1)[C@H]1CCCc2cccnc21. The van der Waals surface area contributed by atoms with Crippen molar-refractivity contribution in [1.29, 1.82) is 0 Å². The predicted molar refractivity (Wildman–Crippen MR) is 139 cm³/mol. The smallest absolute Gasteiger partial charge is 0.410 e. The van der Waals surface area contributed by atoms with Gasteiger partial charge in [0.05, 0.1) is 23.5 Å². The third-order valence-electron chi connectivity index (χ3n) is 7.31. The lowest BCUT2D eigenvalue weighted by Gasteiger charge is -2.43. The zero-order valence-corrected chi connectivity index (χ0v) is 21.0. The van der Waals surface area contributed by atoms with Crippen LogP contribution in [-0.2, 0) is 24.3 Å². The Kier molecular flexibility index (Phi) is 7.88. The highest BCUT2D eigenvalue weighted by Crippen LogP contribution is 2.32. The van der Waals surface area contributed by atoms with Gasteiger partial charge < -0.3 is 9.64 Å². The van der Waals surface area contributed by atoms with Gasteiger partial charge in [-0.15, -0.1) is 0 Å². The van der Waals surface area contributed by atoms with Gasteiger partial charge in [-0.05, 0) is 55.6 Å². The third-order valence-corrected chi connectivity index (χ3v) is 7.31. The first-order chi connectivity index (χ1) is 17.7. The number of aromatic nitrogens is 2. The topological polar surface area (TPSA) is 61.8 Å². The number of fused-ring (bicyclic) bond motifs is 1. The van der Waals surface area contributed by atoms with Crippen LogP contribution in [-0.4, -0.2) is 70.0 Å². The van der Waals surface area contributed by atoms with E-state index in [4.69, 9.17) is 9.72 Å². The second-order valence-electron chi connectivity index (χ2n) is 9.84. The molecule has 36 heavy (non-hydrogen) atoms. The van der Waals surface area contributed by atoms with Crippen LogP contribution in [0.4, 0.5) is 4.79 Å². The highest BCUT2D eigenvalue weighted by molar-refractivity contribution is 5.68. The van der Waals surface area contributed by atoms with Gasteiger partial charge in [-0.1, -0.05) is 42.5 Å². The van der Waals surface area contributed by atoms with Gasteiger partial charge in [0, 0.05) is 45.1 Å². The molecule has 1 aliphatic carbocycles. The van der Waals surface area contributed by atoms with Gasteiger partial charge in [-0.25, -0.2) is 4.79 Å². The number of aryl methyl sites for hydroxylation is 1. The lowest BCUT2D eigenvalue weighted by molar-refractivity contribution is 0.0246. The minimum atomic E-state index is -0.239. The molecule has 3 heterocycles. The van der Waals surface area contributed by atoms with Crippen LogP contribution in [0.1, 0.15) is 41.4 Å². The Morgan fingerprint density at radius 1 is 1.03 bits per heavy atom. The van der Waals surface area contributed by atoms with E-state index in [9.17, 15) is 4.79 Å². The van der Waals surface area contributed by atoms with Crippen molar-refractivity contribution in [2.45, 2.75) is 44.5 Å². The summed E-state index contributed by atoms with van der Waals surface area (Å²) in [5.41, 5.74) is 4.58. The van der Waals surface area contributed by atoms with Crippen LogP contribution >= 0.6 is 0 Å². The Hall–Kier alpha value is -3.29. The number of carbonyl (C=O) groups excluding carboxylic acids is 1. The predicted octanol–water partition coefficient (Wildman–Crippen LogP) is 4.31. The number of piperazine rings is 1. The Morgan fingerprint density at radius 2 is 1.86 bits per heavy atom. The quantitative estimate of drug-likeness (QED) is 0.497. The first-order valence-electron chi connectivity index (χ1n) is 12.9. The van der Waals surface area contributed by atoms with E-state index < -0.39 is 0 Å². The molecular weight excluding hydrogens is 450 g/mol. The van der Waals surface area contributed by atoms with Crippen LogP contribution in [0.25, 0.3) is 0 Å². The van der Waals surface area contributed by atoms with Gasteiger partial charge in [0.25, 0.3) is 0 Å². The van der Waals surface area contributed by atoms with Gasteiger partial charge >= 0.3 is 6.09 Å². The molecule has 1 aromatic carbocycles. The van der Waals surface area contributed by atoms with Crippen LogP contribution in [0, 0.1) is 0 Å². The average molecular weight is 486 g/mol. The maximum atomic E-state index is 13.2. The van der Waals surface area contributed by atoms with E-state index in [0.29, 0.717) is 6.54 Å². The van der Waals surface area contributed by atoms with Gasteiger partial charge in [0.2, 0.25) is 0 Å². The molecule has 2 aliphatic rings. The van der Waals surface area contributed by atoms with Gasteiger partial charge in [-0.3, -0.25) is 19.8 Å². The molecule has 1 amide bonds. The Bertz CT molecular complexity index is 1130. The van der Waals surface area contributed by atoms with Crippen molar-refractivity contribution in [2.24, 2.45) is 0 Å². The number of amides is 1. The molecule has 188 valence electrons. The van der Waals surface area contributed by atoms with E-state index in [1.807, 2.05) is 65.8 Å². The van der Waals surface area contributed by atoms with Crippen LogP contribution in [0.15, 0.2) is 73.1 Å². The molecule has 7 nitrogen and oxygen atoms in total. The molecule has 2 aromatic heterocycles. The second kappa shape index (κ2) is 11.6. The van der Waals surface area contributed by atoms with Crippen molar-refractivity contribution in [2.75, 3.05) is 33.2 Å². The number of hydrogen-bond acceptors (Lipinski definition) is 6. The van der Waals surface area contributed by atoms with E-state index >= 15 is 0 Å². The van der Waals surface area contributed by atoms with Crippen LogP contribution in [0.3, 0.4) is 0 Å². The molecule has 5 rings (SSSR count). The summed E-state index contributed by atoms with van der Waals surface area (Å²) in [5, 5.41) is 0. The normalized spacial score (nSPS) is 20.2. The van der Waals surface area contributed by atoms with Gasteiger partial charge in [0.15, 0.2) is 0 Å². The molecule has 1 fully saturated rings. The van der Waals surface area contributed by atoms with E-state index in [1.165, 1.54) is 11.3 Å². The number of pyridine rings is 2. The largest absolute Gasteiger partial charge is 0.445 e. The van der Waals surface area contributed by atoms with Crippen LogP contribution < -0.4 is 0 Å². The summed E-state index contributed by atoms with van der Waals surface area (Å²) in [6, 6.07) is 20.4. The minimum Gasteiger partial charge on any atom is -0.445 e. The minimum absolute atomic E-state index is 0.0184. The van der Waals surface area contributed by atoms with Gasteiger partial charge in [0.1, 0.15) is 6.61 Å². The van der Waals surface area contributed by atoms with Crippen molar-refractivity contribution in [1.82, 2.24) is 24.7 Å². The fraction of sp³-hybridized carbons (Fsp3) is 0.414. The maximum Gasteiger partial charge on any atom is 0.410 e. The summed E-state index contributed by atoms with van der Waals surface area (Å²) < 4.78 is 5.76. The molecule has 0 unspecified atom stereocenters. The summed E-state index contributed by atoms with van der Waals surface area (Å²) in [5.74, 6) is 0. The van der Waals surface area contributed by atoms with Crippen molar-refractivity contribution < 1.29 is 9.53 Å². The van der Waals surface area contributed by atoms with Crippen molar-refractivity contribution >= 4 is 6.09 Å². The average Bonchev–Trinajstić information content (AvgIpc) is 2.92. The lowest BCUT2D eigenvalue weighted by Crippen LogP contribution is -2.58. The zero-order valence-electron chi connectivity index (χ0n) is 21.0. The summed E-state index contributed by atoms with van der Waals surface area (Å²) in [4.78, 5) is 29.2. The number of likely N-dealkylation sites (N-methyl/N-ethyl adjacent to an activating group) is 1. The highest BCUT2D eigenvalue weighted by atomic mass is 16.6. The van der Waals surface area contributed by atoms with E-state index in [0.717, 1.165) is 56.7 Å². The molecular formula is C29H35N5O2. The Labute approximate surface area is 213 Å². The number of carbonyl (C=O) groups is 1. The summed E-state index contributed by atoms with van der Waals surface area (Å²) >= 11 is 0. The molecule has 0 radical (unpaired) electrons. The molecule has 3 aromatic rings. The molecule has 0 N–H and O–H groups in total. The number of rotatable bonds is 7. The molecule has 2 atom stereocenters. The maximum absolute atomic E-state index is 13.2. The summed E-state index contributed by atoms with van der Waals surface area (Å²) in [6.45, 7) is 4.05. The number of nitrogens with zero attached hydrogens (tertiary/aromatic N) is 5. The zero-order chi connectivity index (χ0) is 24.7. The number of hydrogen-bond donors (Lipinski definition) is 0. The summed E-state index contributed by atoms with van der Waals surface area (Å²) in [7, 11) is 2.17. The molecule has 0 spiro atoms. The second-order valence-corrected chi connectivity index (χ2v) is 9.84. The number of ether oxygens (including phenoxy) is 1. The fourth-order valence-corrected chi connectivity index (χ4v) is 5.46. The molecule has 1 saturated heterocycles. The molecule has 7 heteroatoms. The van der Waals surface area contributed by atoms with Crippen molar-refractivity contribution in [3.8, 4) is 0 Å². The molecule has 0 saturated carbocycles. The van der Waals surface area contributed by atoms with E-state index in [-0.39, 0.29) is 24.8 Å². The highest BCUT2D eigenvalue weighted by Gasteiger charge is 2.34. The molecule has 1 aliphatic heterocycles. The standard InChI is InChI=1S/C29H35N5O2/c1-32(27-14-7-11-24-12-8-16-31-28(24)27)20-26-21-33(19-25-13-5-6-15-30-25)17-18-34(26)29(35)36-22-23-9-3-2-4-10-23/h2-6,8-10,12-13,15-16,26-27H,7,11,14,17-22H2,1H3/t26-,27-/m0/s1. The van der Waals surface area contributed by atoms with Gasteiger partial charge in [-0.2, -0.15) is 0 Å². The van der Waals surface area contributed by atoms with Crippen LogP contribution in [0.5, 0.6) is 0 Å². The first-order valence-corrected chi connectivity index (χ1v) is 12.9. The fourth-order valence-electron chi connectivity index (χ4n) is 5.46.